The maximum Gasteiger partial charge on any atom is 0.228 e. The molecular weight excluding hydrogens is 334 g/mol. The number of para-hydroxylation sites is 2. The van der Waals surface area contributed by atoms with Crippen molar-refractivity contribution in [3.63, 3.8) is 0 Å². The zero-order valence-corrected chi connectivity index (χ0v) is 14.7. The topological polar surface area (TPSA) is 54.0 Å². The molecule has 0 aliphatic heterocycles. The van der Waals surface area contributed by atoms with E-state index in [1.54, 1.807) is 6.20 Å². The summed E-state index contributed by atoms with van der Waals surface area (Å²) in [5.41, 5.74) is 4.56. The summed E-state index contributed by atoms with van der Waals surface area (Å²) >= 11 is 0. The highest BCUT2D eigenvalue weighted by Crippen LogP contribution is 2.20. The Morgan fingerprint density at radius 1 is 0.741 bits per heavy atom. The monoisotopic (exact) mass is 353 g/mol. The molecule has 0 spiro atoms. The summed E-state index contributed by atoms with van der Waals surface area (Å²) in [6, 6.07) is 27.5. The number of rotatable bonds is 5. The Morgan fingerprint density at radius 2 is 1.44 bits per heavy atom. The van der Waals surface area contributed by atoms with Crippen molar-refractivity contribution in [1.82, 2.24) is 4.98 Å². The highest BCUT2D eigenvalue weighted by Gasteiger charge is 2.08. The average Bonchev–Trinajstić information content (AvgIpc) is 2.71. The third-order valence-corrected chi connectivity index (χ3v) is 4.30. The van der Waals surface area contributed by atoms with Crippen molar-refractivity contribution in [2.24, 2.45) is 0 Å². The van der Waals surface area contributed by atoms with Gasteiger partial charge < -0.3 is 10.6 Å². The SMILES string of the molecule is O=C(Cc1cccc2cccnc12)Nc1ccc(Nc2ccccc2)cc1. The first-order valence-electron chi connectivity index (χ1n) is 8.82. The molecule has 3 aromatic carbocycles. The molecule has 0 radical (unpaired) electrons. The van der Waals surface area contributed by atoms with Gasteiger partial charge in [0.05, 0.1) is 11.9 Å². The maximum absolute atomic E-state index is 12.4. The maximum atomic E-state index is 12.4. The van der Waals surface area contributed by atoms with Crippen LogP contribution in [0.1, 0.15) is 5.56 Å². The van der Waals surface area contributed by atoms with Gasteiger partial charge in [-0.2, -0.15) is 0 Å². The van der Waals surface area contributed by atoms with Crippen molar-refractivity contribution in [2.45, 2.75) is 6.42 Å². The molecule has 0 bridgehead atoms. The largest absolute Gasteiger partial charge is 0.356 e. The number of nitrogens with one attached hydrogen (secondary N) is 2. The molecule has 0 atom stereocenters. The third-order valence-electron chi connectivity index (χ3n) is 4.30. The molecule has 27 heavy (non-hydrogen) atoms. The first-order chi connectivity index (χ1) is 13.3. The van der Waals surface area contributed by atoms with E-state index in [1.165, 1.54) is 0 Å². The summed E-state index contributed by atoms with van der Waals surface area (Å²) in [4.78, 5) is 16.9. The lowest BCUT2D eigenvalue weighted by atomic mass is 10.1. The predicted molar refractivity (Wildman–Crippen MR) is 110 cm³/mol. The summed E-state index contributed by atoms with van der Waals surface area (Å²) in [6.45, 7) is 0. The minimum atomic E-state index is -0.0584. The number of benzene rings is 3. The lowest BCUT2D eigenvalue weighted by Crippen LogP contribution is -2.14. The van der Waals surface area contributed by atoms with Crippen LogP contribution >= 0.6 is 0 Å². The minimum Gasteiger partial charge on any atom is -0.356 e. The quantitative estimate of drug-likeness (QED) is 0.521. The van der Waals surface area contributed by atoms with Gasteiger partial charge in [-0.3, -0.25) is 9.78 Å². The van der Waals surface area contributed by atoms with Gasteiger partial charge in [-0.1, -0.05) is 42.5 Å². The number of aromatic nitrogens is 1. The van der Waals surface area contributed by atoms with E-state index in [-0.39, 0.29) is 5.91 Å². The van der Waals surface area contributed by atoms with Crippen LogP contribution in [0.25, 0.3) is 10.9 Å². The van der Waals surface area contributed by atoms with Crippen molar-refractivity contribution in [3.8, 4) is 0 Å². The minimum absolute atomic E-state index is 0.0584. The van der Waals surface area contributed by atoms with Crippen LogP contribution in [-0.4, -0.2) is 10.9 Å². The van der Waals surface area contributed by atoms with Gasteiger partial charge in [-0.05, 0) is 48.0 Å². The number of amides is 1. The molecule has 4 nitrogen and oxygen atoms in total. The molecule has 0 aliphatic rings. The molecule has 2 N–H and O–H groups in total. The van der Waals surface area contributed by atoms with Crippen LogP contribution in [0.2, 0.25) is 0 Å². The first-order valence-corrected chi connectivity index (χ1v) is 8.82. The Bertz CT molecular complexity index is 1050. The summed E-state index contributed by atoms with van der Waals surface area (Å²) in [5, 5.41) is 7.32. The van der Waals surface area contributed by atoms with Crippen molar-refractivity contribution in [3.05, 3.63) is 96.7 Å². The molecule has 1 aromatic heterocycles. The predicted octanol–water partition coefficient (Wildman–Crippen LogP) is 5.16. The number of nitrogens with zero attached hydrogens (tertiary/aromatic N) is 1. The van der Waals surface area contributed by atoms with Crippen LogP contribution in [0, 0.1) is 0 Å². The second-order valence-electron chi connectivity index (χ2n) is 6.29. The molecule has 0 aliphatic carbocycles. The van der Waals surface area contributed by atoms with Crippen LogP contribution < -0.4 is 10.6 Å². The standard InChI is InChI=1S/C23H19N3O/c27-22(16-18-7-4-6-17-8-5-15-24-23(17)18)26-21-13-11-20(12-14-21)25-19-9-2-1-3-10-19/h1-15,25H,16H2,(H,26,27). The molecule has 0 unspecified atom stereocenters. The highest BCUT2D eigenvalue weighted by atomic mass is 16.1. The van der Waals surface area contributed by atoms with E-state index < -0.39 is 0 Å². The molecular formula is C23H19N3O. The summed E-state index contributed by atoms with van der Waals surface area (Å²) in [7, 11) is 0. The fraction of sp³-hybridized carbons (Fsp3) is 0.0435. The molecule has 4 aromatic rings. The van der Waals surface area contributed by atoms with Gasteiger partial charge in [-0.25, -0.2) is 0 Å². The van der Waals surface area contributed by atoms with Crippen molar-refractivity contribution < 1.29 is 4.79 Å². The molecule has 0 saturated carbocycles. The molecule has 4 heteroatoms. The van der Waals surface area contributed by atoms with Gasteiger partial charge in [0, 0.05) is 28.6 Å². The molecule has 1 amide bonds. The van der Waals surface area contributed by atoms with Crippen molar-refractivity contribution in [1.29, 1.82) is 0 Å². The second-order valence-corrected chi connectivity index (χ2v) is 6.29. The third kappa shape index (κ3) is 4.12. The number of hydrogen-bond acceptors (Lipinski definition) is 3. The number of carbonyl (C=O) groups is 1. The van der Waals surface area contributed by atoms with Crippen LogP contribution in [0.5, 0.6) is 0 Å². The molecule has 0 saturated heterocycles. The van der Waals surface area contributed by atoms with Gasteiger partial charge in [0.2, 0.25) is 5.91 Å². The Labute approximate surface area is 157 Å². The van der Waals surface area contributed by atoms with Gasteiger partial charge in [-0.15, -0.1) is 0 Å². The van der Waals surface area contributed by atoms with Crippen LogP contribution in [-0.2, 0) is 11.2 Å². The number of carbonyl (C=O) groups excluding carboxylic acids is 1. The van der Waals surface area contributed by atoms with E-state index in [1.807, 2.05) is 84.9 Å². The van der Waals surface area contributed by atoms with Gasteiger partial charge in [0.25, 0.3) is 0 Å². The summed E-state index contributed by atoms with van der Waals surface area (Å²) in [5.74, 6) is -0.0584. The van der Waals surface area contributed by atoms with Gasteiger partial charge in [0.15, 0.2) is 0 Å². The lowest BCUT2D eigenvalue weighted by Gasteiger charge is -2.09. The van der Waals surface area contributed by atoms with E-state index in [2.05, 4.69) is 15.6 Å². The Hall–Kier alpha value is -3.66. The number of fused-ring (bicyclic) bond motifs is 1. The smallest absolute Gasteiger partial charge is 0.228 e. The number of anilines is 3. The zero-order valence-electron chi connectivity index (χ0n) is 14.7. The summed E-state index contributed by atoms with van der Waals surface area (Å²) < 4.78 is 0. The highest BCUT2D eigenvalue weighted by molar-refractivity contribution is 5.95. The molecule has 1 heterocycles. The fourth-order valence-corrected chi connectivity index (χ4v) is 3.01. The molecule has 4 rings (SSSR count). The Kier molecular flexibility index (Phi) is 4.79. The normalized spacial score (nSPS) is 10.5. The van der Waals surface area contributed by atoms with Gasteiger partial charge in [0.1, 0.15) is 0 Å². The van der Waals surface area contributed by atoms with Crippen LogP contribution in [0.15, 0.2) is 91.1 Å². The lowest BCUT2D eigenvalue weighted by molar-refractivity contribution is -0.115. The van der Waals surface area contributed by atoms with E-state index in [0.717, 1.165) is 33.5 Å². The fourth-order valence-electron chi connectivity index (χ4n) is 3.01. The number of pyridine rings is 1. The molecule has 0 fully saturated rings. The Balaban J connectivity index is 1.42. The average molecular weight is 353 g/mol. The first kappa shape index (κ1) is 16.8. The van der Waals surface area contributed by atoms with Crippen LogP contribution in [0.3, 0.4) is 0 Å². The summed E-state index contributed by atoms with van der Waals surface area (Å²) in [6.07, 6.45) is 2.04. The number of hydrogen-bond donors (Lipinski definition) is 2. The van der Waals surface area contributed by atoms with E-state index in [0.29, 0.717) is 6.42 Å². The van der Waals surface area contributed by atoms with E-state index >= 15 is 0 Å². The van der Waals surface area contributed by atoms with Crippen molar-refractivity contribution in [2.75, 3.05) is 10.6 Å². The zero-order chi connectivity index (χ0) is 18.5. The van der Waals surface area contributed by atoms with E-state index in [9.17, 15) is 4.79 Å². The van der Waals surface area contributed by atoms with Crippen molar-refractivity contribution >= 4 is 33.9 Å². The Morgan fingerprint density at radius 3 is 2.26 bits per heavy atom. The van der Waals surface area contributed by atoms with E-state index in [4.69, 9.17) is 0 Å². The second kappa shape index (κ2) is 7.70. The van der Waals surface area contributed by atoms with Crippen LogP contribution in [0.4, 0.5) is 17.1 Å². The van der Waals surface area contributed by atoms with Gasteiger partial charge >= 0.3 is 0 Å². The molecule has 132 valence electrons.